The molecule has 0 spiro atoms. The predicted molar refractivity (Wildman–Crippen MR) is 49.9 cm³/mol. The van der Waals surface area contributed by atoms with Crippen molar-refractivity contribution in [3.05, 3.63) is 35.1 Å². The highest BCUT2D eigenvalue weighted by atomic mass is 19.1. The van der Waals surface area contributed by atoms with Crippen LogP contribution in [0.5, 0.6) is 0 Å². The highest BCUT2D eigenvalue weighted by Gasteiger charge is 2.12. The molecule has 0 aliphatic carbocycles. The van der Waals surface area contributed by atoms with Crippen LogP contribution in [0.4, 0.5) is 4.39 Å². The first kappa shape index (κ1) is 10.2. The Kier molecular flexibility index (Phi) is 3.86. The van der Waals surface area contributed by atoms with Crippen LogP contribution >= 0.6 is 0 Å². The lowest BCUT2D eigenvalue weighted by Gasteiger charge is -2.16. The molecule has 1 aromatic rings. The van der Waals surface area contributed by atoms with Crippen LogP contribution in [0.1, 0.15) is 11.1 Å². The van der Waals surface area contributed by atoms with E-state index in [1.165, 1.54) is 13.1 Å². The zero-order chi connectivity index (χ0) is 9.68. The van der Waals surface area contributed by atoms with Crippen LogP contribution in [0.25, 0.3) is 0 Å². The molecule has 1 aliphatic rings. The van der Waals surface area contributed by atoms with E-state index < -0.39 is 0 Å². The lowest BCUT2D eigenvalue weighted by Crippen LogP contribution is -2.11. The SMILES string of the molecule is CN.Fc1cccc2c1COCC2. The summed E-state index contributed by atoms with van der Waals surface area (Å²) in [6.07, 6.45) is 0.840. The third kappa shape index (κ3) is 2.26. The number of hydrogen-bond acceptors (Lipinski definition) is 2. The molecule has 0 saturated heterocycles. The maximum Gasteiger partial charge on any atom is 0.128 e. The molecule has 3 heteroatoms. The number of benzene rings is 1. The van der Waals surface area contributed by atoms with E-state index in [0.717, 1.165) is 24.2 Å². The fourth-order valence-corrected chi connectivity index (χ4v) is 1.36. The lowest BCUT2D eigenvalue weighted by atomic mass is 10.0. The average Bonchev–Trinajstić information content (AvgIpc) is 2.22. The molecule has 72 valence electrons. The standard InChI is InChI=1S/C9H9FO.CH5N/c10-9-3-1-2-7-4-5-11-6-8(7)9;1-2/h1-3H,4-6H2;2H2,1H3. The molecule has 0 aromatic heterocycles. The molecule has 13 heavy (non-hydrogen) atoms. The van der Waals surface area contributed by atoms with Gasteiger partial charge in [0.25, 0.3) is 0 Å². The topological polar surface area (TPSA) is 35.2 Å². The van der Waals surface area contributed by atoms with Crippen molar-refractivity contribution in [2.45, 2.75) is 13.0 Å². The van der Waals surface area contributed by atoms with Gasteiger partial charge in [0.2, 0.25) is 0 Å². The van der Waals surface area contributed by atoms with Gasteiger partial charge in [-0.3, -0.25) is 0 Å². The average molecular weight is 183 g/mol. The zero-order valence-corrected chi connectivity index (χ0v) is 7.72. The monoisotopic (exact) mass is 183 g/mol. The molecule has 2 rings (SSSR count). The van der Waals surface area contributed by atoms with Crippen molar-refractivity contribution in [3.63, 3.8) is 0 Å². The van der Waals surface area contributed by atoms with Gasteiger partial charge >= 0.3 is 0 Å². The van der Waals surface area contributed by atoms with Crippen LogP contribution in [0.3, 0.4) is 0 Å². The summed E-state index contributed by atoms with van der Waals surface area (Å²) >= 11 is 0. The molecule has 0 fully saturated rings. The summed E-state index contributed by atoms with van der Waals surface area (Å²) in [6.45, 7) is 1.15. The molecule has 1 heterocycles. The van der Waals surface area contributed by atoms with Crippen molar-refractivity contribution in [1.82, 2.24) is 0 Å². The Bertz CT molecular complexity index is 276. The van der Waals surface area contributed by atoms with E-state index in [1.54, 1.807) is 6.07 Å². The van der Waals surface area contributed by atoms with Gasteiger partial charge in [0.05, 0.1) is 13.2 Å². The van der Waals surface area contributed by atoms with E-state index in [4.69, 9.17) is 4.74 Å². The summed E-state index contributed by atoms with van der Waals surface area (Å²) in [5, 5.41) is 0. The van der Waals surface area contributed by atoms with Gasteiger partial charge < -0.3 is 10.5 Å². The van der Waals surface area contributed by atoms with Crippen molar-refractivity contribution in [2.24, 2.45) is 5.73 Å². The van der Waals surface area contributed by atoms with Gasteiger partial charge in [0.15, 0.2) is 0 Å². The van der Waals surface area contributed by atoms with Crippen LogP contribution in [-0.2, 0) is 17.8 Å². The maximum atomic E-state index is 13.0. The highest BCUT2D eigenvalue weighted by molar-refractivity contribution is 5.29. The fourth-order valence-electron chi connectivity index (χ4n) is 1.36. The van der Waals surface area contributed by atoms with Gasteiger partial charge in [0.1, 0.15) is 5.82 Å². The largest absolute Gasteiger partial charge is 0.376 e. The molecular weight excluding hydrogens is 169 g/mol. The van der Waals surface area contributed by atoms with Gasteiger partial charge in [-0.05, 0) is 25.1 Å². The Balaban J connectivity index is 0.000000396. The number of ether oxygens (including phenoxy) is 1. The van der Waals surface area contributed by atoms with Gasteiger partial charge in [-0.2, -0.15) is 0 Å². The first-order valence-electron chi connectivity index (χ1n) is 4.29. The fraction of sp³-hybridized carbons (Fsp3) is 0.400. The first-order valence-corrected chi connectivity index (χ1v) is 4.29. The predicted octanol–water partition coefficient (Wildman–Crippen LogP) is 1.47. The van der Waals surface area contributed by atoms with Crippen molar-refractivity contribution in [3.8, 4) is 0 Å². The minimum Gasteiger partial charge on any atom is -0.376 e. The summed E-state index contributed by atoms with van der Waals surface area (Å²) in [5.41, 5.74) is 6.33. The number of nitrogens with two attached hydrogens (primary N) is 1. The lowest BCUT2D eigenvalue weighted by molar-refractivity contribution is 0.108. The number of rotatable bonds is 0. The normalized spacial score (nSPS) is 14.1. The molecule has 0 saturated carbocycles. The summed E-state index contributed by atoms with van der Waals surface area (Å²) in [5.74, 6) is -0.137. The van der Waals surface area contributed by atoms with E-state index in [-0.39, 0.29) is 5.82 Å². The second-order valence-electron chi connectivity index (χ2n) is 2.68. The van der Waals surface area contributed by atoms with E-state index >= 15 is 0 Å². The Morgan fingerprint density at radius 3 is 2.85 bits per heavy atom. The highest BCUT2D eigenvalue weighted by Crippen LogP contribution is 2.18. The van der Waals surface area contributed by atoms with Crippen molar-refractivity contribution in [2.75, 3.05) is 13.7 Å². The van der Waals surface area contributed by atoms with E-state index in [0.29, 0.717) is 6.61 Å². The van der Waals surface area contributed by atoms with Crippen LogP contribution in [0.15, 0.2) is 18.2 Å². The third-order valence-electron chi connectivity index (χ3n) is 1.98. The zero-order valence-electron chi connectivity index (χ0n) is 7.72. The van der Waals surface area contributed by atoms with E-state index in [2.05, 4.69) is 5.73 Å². The van der Waals surface area contributed by atoms with Crippen molar-refractivity contribution >= 4 is 0 Å². The summed E-state index contributed by atoms with van der Waals surface area (Å²) < 4.78 is 18.1. The summed E-state index contributed by atoms with van der Waals surface area (Å²) in [7, 11) is 1.50. The molecule has 0 unspecified atom stereocenters. The Hall–Kier alpha value is -0.930. The molecule has 0 amide bonds. The van der Waals surface area contributed by atoms with Gasteiger partial charge in [-0.1, -0.05) is 12.1 Å². The second kappa shape index (κ2) is 4.94. The summed E-state index contributed by atoms with van der Waals surface area (Å²) in [4.78, 5) is 0. The van der Waals surface area contributed by atoms with Crippen molar-refractivity contribution in [1.29, 1.82) is 0 Å². The molecular formula is C10H14FNO. The Morgan fingerprint density at radius 2 is 2.15 bits per heavy atom. The number of hydrogen-bond donors (Lipinski definition) is 1. The molecule has 0 atom stereocenters. The number of halogens is 1. The van der Waals surface area contributed by atoms with Crippen LogP contribution < -0.4 is 5.73 Å². The van der Waals surface area contributed by atoms with Crippen LogP contribution in [0, 0.1) is 5.82 Å². The van der Waals surface area contributed by atoms with Gasteiger partial charge in [0, 0.05) is 5.56 Å². The molecule has 0 radical (unpaired) electrons. The first-order chi connectivity index (χ1) is 6.38. The summed E-state index contributed by atoms with van der Waals surface area (Å²) in [6, 6.07) is 5.19. The Morgan fingerprint density at radius 1 is 1.38 bits per heavy atom. The van der Waals surface area contributed by atoms with E-state index in [1.807, 2.05) is 6.07 Å². The van der Waals surface area contributed by atoms with E-state index in [9.17, 15) is 4.39 Å². The molecule has 1 aliphatic heterocycles. The number of fused-ring (bicyclic) bond motifs is 1. The molecule has 2 nitrogen and oxygen atoms in total. The maximum absolute atomic E-state index is 13.0. The van der Waals surface area contributed by atoms with Crippen LogP contribution in [0.2, 0.25) is 0 Å². The molecule has 0 bridgehead atoms. The Labute approximate surface area is 77.5 Å². The van der Waals surface area contributed by atoms with Gasteiger partial charge in [-0.25, -0.2) is 4.39 Å². The van der Waals surface area contributed by atoms with Gasteiger partial charge in [-0.15, -0.1) is 0 Å². The van der Waals surface area contributed by atoms with Crippen molar-refractivity contribution < 1.29 is 9.13 Å². The second-order valence-corrected chi connectivity index (χ2v) is 2.68. The third-order valence-corrected chi connectivity index (χ3v) is 1.98. The smallest absolute Gasteiger partial charge is 0.128 e. The van der Waals surface area contributed by atoms with Crippen LogP contribution in [-0.4, -0.2) is 13.7 Å². The minimum atomic E-state index is -0.137. The molecule has 1 aromatic carbocycles. The minimum absolute atomic E-state index is 0.137. The molecule has 2 N–H and O–H groups in total. The quantitative estimate of drug-likeness (QED) is 0.661.